The van der Waals surface area contributed by atoms with Gasteiger partial charge in [-0.15, -0.1) is 0 Å². The molecule has 0 aliphatic carbocycles. The third-order valence-electron chi connectivity index (χ3n) is 2.87. The number of rotatable bonds is 5. The van der Waals surface area contributed by atoms with Crippen molar-refractivity contribution >= 4 is 17.9 Å². The Balaban J connectivity index is 2.25. The summed E-state index contributed by atoms with van der Waals surface area (Å²) in [6.45, 7) is 5.62. The zero-order valence-electron chi connectivity index (χ0n) is 11.9. The van der Waals surface area contributed by atoms with E-state index in [1.54, 1.807) is 9.80 Å². The predicted octanol–water partition coefficient (Wildman–Crippen LogP) is -1.08. The van der Waals surface area contributed by atoms with Crippen LogP contribution in [-0.4, -0.2) is 78.1 Å². The van der Waals surface area contributed by atoms with Gasteiger partial charge in [-0.3, -0.25) is 14.5 Å². The highest BCUT2D eigenvalue weighted by Crippen LogP contribution is 2.01. The van der Waals surface area contributed by atoms with Gasteiger partial charge in [0, 0.05) is 32.2 Å². The summed E-state index contributed by atoms with van der Waals surface area (Å²) in [5.74, 6) is -1.09. The van der Waals surface area contributed by atoms with Gasteiger partial charge in [0.25, 0.3) is 0 Å². The highest BCUT2D eigenvalue weighted by molar-refractivity contribution is 5.84. The maximum absolute atomic E-state index is 11.8. The number of amides is 3. The Labute approximate surface area is 118 Å². The molecule has 0 spiro atoms. The van der Waals surface area contributed by atoms with Gasteiger partial charge < -0.3 is 20.6 Å². The SMILES string of the molecule is CC(C)NC(=O)CNC(=O)N1CCN(CC(=O)O)CC1. The van der Waals surface area contributed by atoms with Crippen molar-refractivity contribution in [3.05, 3.63) is 0 Å². The Kier molecular flexibility index (Phi) is 6.23. The molecule has 8 heteroatoms. The predicted molar refractivity (Wildman–Crippen MR) is 72.3 cm³/mol. The molecule has 1 aliphatic rings. The minimum absolute atomic E-state index is 0.00769. The second-order valence-electron chi connectivity index (χ2n) is 5.04. The Morgan fingerprint density at radius 1 is 1.15 bits per heavy atom. The number of urea groups is 1. The van der Waals surface area contributed by atoms with E-state index in [1.807, 2.05) is 13.8 Å². The molecule has 114 valence electrons. The molecule has 0 bridgehead atoms. The lowest BCUT2D eigenvalue weighted by Crippen LogP contribution is -2.53. The van der Waals surface area contributed by atoms with Crippen LogP contribution in [0.2, 0.25) is 0 Å². The van der Waals surface area contributed by atoms with Gasteiger partial charge in [-0.2, -0.15) is 0 Å². The van der Waals surface area contributed by atoms with E-state index in [0.29, 0.717) is 26.2 Å². The molecule has 0 unspecified atom stereocenters. The third-order valence-corrected chi connectivity index (χ3v) is 2.87. The molecular formula is C12H22N4O4. The summed E-state index contributed by atoms with van der Waals surface area (Å²) in [5.41, 5.74) is 0. The molecule has 3 amide bonds. The van der Waals surface area contributed by atoms with Crippen LogP contribution in [0.15, 0.2) is 0 Å². The van der Waals surface area contributed by atoms with E-state index in [0.717, 1.165) is 0 Å². The maximum atomic E-state index is 11.8. The molecule has 1 heterocycles. The van der Waals surface area contributed by atoms with Crippen LogP contribution in [0, 0.1) is 0 Å². The van der Waals surface area contributed by atoms with Crippen LogP contribution in [0.25, 0.3) is 0 Å². The van der Waals surface area contributed by atoms with Crippen molar-refractivity contribution in [2.75, 3.05) is 39.3 Å². The first-order chi connectivity index (χ1) is 9.38. The number of carbonyl (C=O) groups is 3. The summed E-state index contributed by atoms with van der Waals surface area (Å²) in [4.78, 5) is 37.1. The molecule has 0 aromatic rings. The molecular weight excluding hydrogens is 264 g/mol. The topological polar surface area (TPSA) is 102 Å². The molecule has 0 atom stereocenters. The lowest BCUT2D eigenvalue weighted by Gasteiger charge is -2.33. The van der Waals surface area contributed by atoms with Gasteiger partial charge in [0.2, 0.25) is 5.91 Å². The lowest BCUT2D eigenvalue weighted by molar-refractivity contribution is -0.138. The summed E-state index contributed by atoms with van der Waals surface area (Å²) in [6.07, 6.45) is 0. The van der Waals surface area contributed by atoms with E-state index in [1.165, 1.54) is 0 Å². The average molecular weight is 286 g/mol. The fourth-order valence-corrected chi connectivity index (χ4v) is 1.94. The first kappa shape index (κ1) is 16.2. The van der Waals surface area contributed by atoms with E-state index in [2.05, 4.69) is 10.6 Å². The van der Waals surface area contributed by atoms with Crippen molar-refractivity contribution in [3.63, 3.8) is 0 Å². The smallest absolute Gasteiger partial charge is 0.317 e. The van der Waals surface area contributed by atoms with Crippen molar-refractivity contribution in [1.82, 2.24) is 20.4 Å². The number of carboxylic acids is 1. The standard InChI is InChI=1S/C12H22N4O4/c1-9(2)14-10(17)7-13-12(20)16-5-3-15(4-6-16)8-11(18)19/h9H,3-8H2,1-2H3,(H,13,20)(H,14,17)(H,18,19). The van der Waals surface area contributed by atoms with E-state index in [4.69, 9.17) is 5.11 Å². The van der Waals surface area contributed by atoms with Crippen LogP contribution >= 0.6 is 0 Å². The second kappa shape index (κ2) is 7.68. The molecule has 20 heavy (non-hydrogen) atoms. The summed E-state index contributed by atoms with van der Waals surface area (Å²) < 4.78 is 0. The third kappa shape index (κ3) is 5.87. The molecule has 0 radical (unpaired) electrons. The zero-order valence-corrected chi connectivity index (χ0v) is 11.9. The van der Waals surface area contributed by atoms with Crippen molar-refractivity contribution in [1.29, 1.82) is 0 Å². The summed E-state index contributed by atoms with van der Waals surface area (Å²) in [5, 5.41) is 13.9. The highest BCUT2D eigenvalue weighted by atomic mass is 16.4. The Bertz CT molecular complexity index is 364. The van der Waals surface area contributed by atoms with Crippen molar-refractivity contribution in [3.8, 4) is 0 Å². The Morgan fingerprint density at radius 3 is 2.25 bits per heavy atom. The molecule has 0 saturated carbocycles. The van der Waals surface area contributed by atoms with Gasteiger partial charge in [0.05, 0.1) is 13.1 Å². The molecule has 1 aliphatic heterocycles. The average Bonchev–Trinajstić information content (AvgIpc) is 2.35. The largest absolute Gasteiger partial charge is 0.480 e. The fraction of sp³-hybridized carbons (Fsp3) is 0.750. The van der Waals surface area contributed by atoms with E-state index >= 15 is 0 Å². The quantitative estimate of drug-likeness (QED) is 0.597. The van der Waals surface area contributed by atoms with Gasteiger partial charge in [0.15, 0.2) is 0 Å². The van der Waals surface area contributed by atoms with E-state index < -0.39 is 5.97 Å². The number of hydrogen-bond donors (Lipinski definition) is 3. The number of carbonyl (C=O) groups excluding carboxylic acids is 2. The number of piperazine rings is 1. The number of hydrogen-bond acceptors (Lipinski definition) is 4. The zero-order chi connectivity index (χ0) is 15.1. The van der Waals surface area contributed by atoms with Crippen LogP contribution < -0.4 is 10.6 Å². The van der Waals surface area contributed by atoms with Crippen LogP contribution in [0.5, 0.6) is 0 Å². The van der Waals surface area contributed by atoms with Gasteiger partial charge in [-0.05, 0) is 13.8 Å². The van der Waals surface area contributed by atoms with Gasteiger partial charge in [-0.25, -0.2) is 4.79 Å². The normalized spacial score (nSPS) is 16.1. The number of aliphatic carboxylic acids is 1. The minimum Gasteiger partial charge on any atom is -0.480 e. The Morgan fingerprint density at radius 2 is 1.75 bits per heavy atom. The van der Waals surface area contributed by atoms with E-state index in [-0.39, 0.29) is 31.1 Å². The summed E-state index contributed by atoms with van der Waals surface area (Å²) in [7, 11) is 0. The highest BCUT2D eigenvalue weighted by Gasteiger charge is 2.22. The fourth-order valence-electron chi connectivity index (χ4n) is 1.94. The van der Waals surface area contributed by atoms with Gasteiger partial charge >= 0.3 is 12.0 Å². The Hall–Kier alpha value is -1.83. The molecule has 0 aromatic heterocycles. The second-order valence-corrected chi connectivity index (χ2v) is 5.04. The molecule has 1 rings (SSSR count). The van der Waals surface area contributed by atoms with Crippen molar-refractivity contribution in [2.45, 2.75) is 19.9 Å². The minimum atomic E-state index is -0.867. The van der Waals surface area contributed by atoms with Crippen molar-refractivity contribution < 1.29 is 19.5 Å². The number of nitrogens with one attached hydrogen (secondary N) is 2. The number of nitrogens with zero attached hydrogens (tertiary/aromatic N) is 2. The van der Waals surface area contributed by atoms with Crippen molar-refractivity contribution in [2.24, 2.45) is 0 Å². The molecule has 1 saturated heterocycles. The first-order valence-electron chi connectivity index (χ1n) is 6.64. The monoisotopic (exact) mass is 286 g/mol. The number of carboxylic acid groups (broad SMARTS) is 1. The summed E-state index contributed by atoms with van der Waals surface area (Å²) in [6, 6.07) is -0.252. The maximum Gasteiger partial charge on any atom is 0.317 e. The first-order valence-corrected chi connectivity index (χ1v) is 6.64. The molecule has 8 nitrogen and oxygen atoms in total. The lowest BCUT2D eigenvalue weighted by atomic mass is 10.3. The van der Waals surface area contributed by atoms with Gasteiger partial charge in [0.1, 0.15) is 0 Å². The molecule has 1 fully saturated rings. The summed E-state index contributed by atoms with van der Waals surface area (Å²) >= 11 is 0. The molecule has 0 aromatic carbocycles. The van der Waals surface area contributed by atoms with Crippen LogP contribution in [0.1, 0.15) is 13.8 Å². The van der Waals surface area contributed by atoms with Crippen LogP contribution in [0.4, 0.5) is 4.79 Å². The van der Waals surface area contributed by atoms with Crippen LogP contribution in [0.3, 0.4) is 0 Å². The van der Waals surface area contributed by atoms with Gasteiger partial charge in [-0.1, -0.05) is 0 Å². The van der Waals surface area contributed by atoms with Crippen LogP contribution in [-0.2, 0) is 9.59 Å². The van der Waals surface area contributed by atoms with E-state index in [9.17, 15) is 14.4 Å². The molecule has 3 N–H and O–H groups in total.